The maximum atomic E-state index is 13.0. The average Bonchev–Trinajstić information content (AvgIpc) is 3.39. The molecule has 1 aliphatic carbocycles. The summed E-state index contributed by atoms with van der Waals surface area (Å²) in [5.74, 6) is -0.488. The molecule has 0 aliphatic heterocycles. The first-order valence-electron chi connectivity index (χ1n) is 7.31. The number of hydrogen-bond acceptors (Lipinski definition) is 5. The molecule has 0 bridgehead atoms. The summed E-state index contributed by atoms with van der Waals surface area (Å²) >= 11 is 0. The Bertz CT molecular complexity index is 683. The minimum absolute atomic E-state index is 0.225. The Labute approximate surface area is 142 Å². The number of amides is 1. The van der Waals surface area contributed by atoms with Crippen LogP contribution in [0.2, 0.25) is 0 Å². The number of nitrogens with zero attached hydrogens (tertiary/aromatic N) is 1. The summed E-state index contributed by atoms with van der Waals surface area (Å²) in [6.45, 7) is 0. The fourth-order valence-corrected chi connectivity index (χ4v) is 2.49. The number of carbonyl (C=O) groups excluding carboxylic acids is 1. The smallest absolute Gasteiger partial charge is 0.403 e. The predicted octanol–water partition coefficient (Wildman–Crippen LogP) is 2.74. The van der Waals surface area contributed by atoms with Crippen molar-refractivity contribution in [2.45, 2.75) is 25.1 Å². The van der Waals surface area contributed by atoms with E-state index in [4.69, 9.17) is 14.2 Å². The quantitative estimate of drug-likeness (QED) is 0.846. The van der Waals surface area contributed by atoms with Crippen molar-refractivity contribution in [2.24, 2.45) is 5.41 Å². The van der Waals surface area contributed by atoms with Gasteiger partial charge in [-0.1, -0.05) is 0 Å². The van der Waals surface area contributed by atoms with Crippen LogP contribution in [0.25, 0.3) is 0 Å². The van der Waals surface area contributed by atoms with Crippen LogP contribution in [0.3, 0.4) is 0 Å². The fourth-order valence-electron chi connectivity index (χ4n) is 2.49. The monoisotopic (exact) mass is 358 g/mol. The molecule has 1 amide bonds. The molecule has 1 fully saturated rings. The molecule has 1 N–H and O–H groups in total. The van der Waals surface area contributed by atoms with Crippen LogP contribution >= 0.6 is 0 Å². The molecule has 1 unspecified atom stereocenters. The van der Waals surface area contributed by atoms with Gasteiger partial charge in [-0.25, -0.2) is 0 Å². The molecule has 6 nitrogen and oxygen atoms in total. The van der Waals surface area contributed by atoms with Gasteiger partial charge in [-0.3, -0.25) is 4.79 Å². The second kappa shape index (κ2) is 6.70. The normalized spacial score (nSPS) is 16.4. The van der Waals surface area contributed by atoms with Crippen molar-refractivity contribution in [3.8, 4) is 23.3 Å². The van der Waals surface area contributed by atoms with Crippen LogP contribution in [0, 0.1) is 16.7 Å². The number of benzene rings is 1. The molecular formula is C16H17F3N2O4. The molecule has 0 aromatic heterocycles. The van der Waals surface area contributed by atoms with Crippen LogP contribution in [0.4, 0.5) is 13.2 Å². The summed E-state index contributed by atoms with van der Waals surface area (Å²) in [5.41, 5.74) is -2.17. The van der Waals surface area contributed by atoms with E-state index in [0.29, 0.717) is 0 Å². The van der Waals surface area contributed by atoms with Crippen molar-refractivity contribution < 1.29 is 32.2 Å². The molecule has 0 saturated heterocycles. The second-order valence-electron chi connectivity index (χ2n) is 5.57. The predicted molar refractivity (Wildman–Crippen MR) is 80.3 cm³/mol. The van der Waals surface area contributed by atoms with Gasteiger partial charge >= 0.3 is 6.18 Å². The molecule has 0 radical (unpaired) electrons. The maximum Gasteiger partial charge on any atom is 0.403 e. The lowest BCUT2D eigenvalue weighted by Gasteiger charge is -2.22. The van der Waals surface area contributed by atoms with Crippen LogP contribution in [0.15, 0.2) is 12.1 Å². The zero-order valence-corrected chi connectivity index (χ0v) is 13.9. The Morgan fingerprint density at radius 3 is 2.04 bits per heavy atom. The maximum absolute atomic E-state index is 13.0. The van der Waals surface area contributed by atoms with Crippen LogP contribution < -0.4 is 19.5 Å². The topological polar surface area (TPSA) is 80.6 Å². The molecule has 1 atom stereocenters. The highest BCUT2D eigenvalue weighted by atomic mass is 19.4. The van der Waals surface area contributed by atoms with Crippen molar-refractivity contribution >= 4 is 5.91 Å². The number of nitriles is 1. The summed E-state index contributed by atoms with van der Waals surface area (Å²) in [4.78, 5) is 12.1. The summed E-state index contributed by atoms with van der Waals surface area (Å²) in [7, 11) is 4.12. The molecule has 0 heterocycles. The van der Waals surface area contributed by atoms with Gasteiger partial charge in [0.1, 0.15) is 11.5 Å². The number of rotatable bonds is 6. The van der Waals surface area contributed by atoms with Crippen LogP contribution in [-0.4, -0.2) is 33.4 Å². The van der Waals surface area contributed by atoms with Gasteiger partial charge in [-0.05, 0) is 30.5 Å². The minimum atomic E-state index is -4.65. The SMILES string of the molecule is COc1cc(C(C#N)NC(=O)C2(C(F)(F)F)CC2)cc(OC)c1OC. The lowest BCUT2D eigenvalue weighted by atomic mass is 10.0. The largest absolute Gasteiger partial charge is 0.493 e. The molecule has 2 rings (SSSR count). The van der Waals surface area contributed by atoms with E-state index in [1.54, 1.807) is 6.07 Å². The van der Waals surface area contributed by atoms with Gasteiger partial charge in [-0.15, -0.1) is 0 Å². The third kappa shape index (κ3) is 3.29. The van der Waals surface area contributed by atoms with E-state index in [-0.39, 0.29) is 35.7 Å². The van der Waals surface area contributed by atoms with Crippen molar-refractivity contribution in [2.75, 3.05) is 21.3 Å². The van der Waals surface area contributed by atoms with Crippen molar-refractivity contribution in [3.63, 3.8) is 0 Å². The van der Waals surface area contributed by atoms with E-state index < -0.39 is 23.5 Å². The third-order valence-electron chi connectivity index (χ3n) is 4.15. The Morgan fingerprint density at radius 2 is 1.72 bits per heavy atom. The molecule has 1 aliphatic rings. The van der Waals surface area contributed by atoms with Gasteiger partial charge in [0.2, 0.25) is 11.7 Å². The van der Waals surface area contributed by atoms with Gasteiger partial charge in [0, 0.05) is 0 Å². The summed E-state index contributed by atoms with van der Waals surface area (Å²) in [5, 5.41) is 11.5. The first kappa shape index (κ1) is 18.7. The zero-order valence-electron chi connectivity index (χ0n) is 13.9. The summed E-state index contributed by atoms with van der Waals surface area (Å²) < 4.78 is 54.6. The highest BCUT2D eigenvalue weighted by Gasteiger charge is 2.68. The Morgan fingerprint density at radius 1 is 1.20 bits per heavy atom. The van der Waals surface area contributed by atoms with E-state index in [9.17, 15) is 23.2 Å². The number of ether oxygens (including phenoxy) is 3. The summed E-state index contributed by atoms with van der Waals surface area (Å²) in [6, 6.07) is 3.31. The highest BCUT2D eigenvalue weighted by molar-refractivity contribution is 5.87. The molecule has 0 spiro atoms. The average molecular weight is 358 g/mol. The van der Waals surface area contributed by atoms with Gasteiger partial charge in [0.25, 0.3) is 0 Å². The van der Waals surface area contributed by atoms with Gasteiger partial charge in [-0.2, -0.15) is 18.4 Å². The number of halogens is 3. The molecule has 1 aromatic rings. The number of methoxy groups -OCH3 is 3. The summed E-state index contributed by atoms with van der Waals surface area (Å²) in [6.07, 6.45) is -5.21. The lowest BCUT2D eigenvalue weighted by Crippen LogP contribution is -2.42. The van der Waals surface area contributed by atoms with E-state index in [0.717, 1.165) is 0 Å². The minimum Gasteiger partial charge on any atom is -0.493 e. The van der Waals surface area contributed by atoms with Crippen LogP contribution in [0.5, 0.6) is 17.2 Å². The second-order valence-corrected chi connectivity index (χ2v) is 5.57. The first-order valence-corrected chi connectivity index (χ1v) is 7.31. The Balaban J connectivity index is 2.33. The standard InChI is InChI=1S/C16H17F3N2O4/c1-23-11-6-9(7-12(24-2)13(11)25-3)10(8-20)21-14(22)15(4-5-15)16(17,18)19/h6-7,10H,4-5H2,1-3H3,(H,21,22). The van der Waals surface area contributed by atoms with E-state index in [2.05, 4.69) is 5.32 Å². The number of nitrogens with one attached hydrogen (secondary N) is 1. The third-order valence-corrected chi connectivity index (χ3v) is 4.15. The Kier molecular flexibility index (Phi) is 5.02. The van der Waals surface area contributed by atoms with Crippen LogP contribution in [-0.2, 0) is 4.79 Å². The Hall–Kier alpha value is -2.63. The molecule has 1 saturated carbocycles. The zero-order chi connectivity index (χ0) is 18.8. The van der Waals surface area contributed by atoms with E-state index in [1.165, 1.54) is 33.5 Å². The lowest BCUT2D eigenvalue weighted by molar-refractivity contribution is -0.192. The molecule has 9 heteroatoms. The molecular weight excluding hydrogens is 341 g/mol. The van der Waals surface area contributed by atoms with Crippen molar-refractivity contribution in [1.82, 2.24) is 5.32 Å². The molecule has 136 valence electrons. The fraction of sp³-hybridized carbons (Fsp3) is 0.500. The van der Waals surface area contributed by atoms with Gasteiger partial charge < -0.3 is 19.5 Å². The molecule has 1 aromatic carbocycles. The van der Waals surface area contributed by atoms with Crippen molar-refractivity contribution in [3.05, 3.63) is 17.7 Å². The van der Waals surface area contributed by atoms with E-state index >= 15 is 0 Å². The first-order chi connectivity index (χ1) is 11.7. The highest BCUT2D eigenvalue weighted by Crippen LogP contribution is 2.58. The number of hydrogen-bond donors (Lipinski definition) is 1. The number of carbonyl (C=O) groups is 1. The van der Waals surface area contributed by atoms with Crippen LogP contribution in [0.1, 0.15) is 24.4 Å². The molecule has 25 heavy (non-hydrogen) atoms. The number of alkyl halides is 3. The van der Waals surface area contributed by atoms with Gasteiger partial charge in [0.05, 0.1) is 27.4 Å². The van der Waals surface area contributed by atoms with Crippen molar-refractivity contribution in [1.29, 1.82) is 5.26 Å². The van der Waals surface area contributed by atoms with E-state index in [1.807, 2.05) is 0 Å². The van der Waals surface area contributed by atoms with Gasteiger partial charge in [0.15, 0.2) is 11.5 Å².